The SMILES string of the molecule is CC1CCC(NCC(=O)NC(C)C(C)C)CC1. The largest absolute Gasteiger partial charge is 0.352 e. The van der Waals surface area contributed by atoms with Gasteiger partial charge in [-0.3, -0.25) is 4.79 Å². The summed E-state index contributed by atoms with van der Waals surface area (Å²) in [6.45, 7) is 9.09. The minimum Gasteiger partial charge on any atom is -0.352 e. The van der Waals surface area contributed by atoms with Crippen LogP contribution >= 0.6 is 0 Å². The van der Waals surface area contributed by atoms with Gasteiger partial charge in [0, 0.05) is 12.1 Å². The van der Waals surface area contributed by atoms with E-state index in [-0.39, 0.29) is 11.9 Å². The lowest BCUT2D eigenvalue weighted by Gasteiger charge is -2.27. The Morgan fingerprint density at radius 3 is 2.29 bits per heavy atom. The summed E-state index contributed by atoms with van der Waals surface area (Å²) in [5, 5.41) is 6.40. The van der Waals surface area contributed by atoms with E-state index in [2.05, 4.69) is 38.3 Å². The van der Waals surface area contributed by atoms with E-state index >= 15 is 0 Å². The number of carbonyl (C=O) groups excluding carboxylic acids is 1. The first kappa shape index (κ1) is 14.5. The molecule has 1 rings (SSSR count). The summed E-state index contributed by atoms with van der Waals surface area (Å²) in [7, 11) is 0. The number of hydrogen-bond donors (Lipinski definition) is 2. The fourth-order valence-electron chi connectivity index (χ4n) is 2.17. The highest BCUT2D eigenvalue weighted by Gasteiger charge is 2.18. The highest BCUT2D eigenvalue weighted by atomic mass is 16.1. The molecule has 0 radical (unpaired) electrons. The number of hydrogen-bond acceptors (Lipinski definition) is 2. The normalized spacial score (nSPS) is 26.9. The van der Waals surface area contributed by atoms with Crippen molar-refractivity contribution >= 4 is 5.91 Å². The lowest BCUT2D eigenvalue weighted by atomic mass is 9.87. The smallest absolute Gasteiger partial charge is 0.234 e. The van der Waals surface area contributed by atoms with E-state index in [0.717, 1.165) is 5.92 Å². The van der Waals surface area contributed by atoms with Gasteiger partial charge in [0.15, 0.2) is 0 Å². The predicted molar refractivity (Wildman–Crippen MR) is 71.9 cm³/mol. The van der Waals surface area contributed by atoms with Crippen molar-refractivity contribution in [1.82, 2.24) is 10.6 Å². The van der Waals surface area contributed by atoms with Gasteiger partial charge in [-0.05, 0) is 44.4 Å². The quantitative estimate of drug-likeness (QED) is 0.774. The third-order valence-electron chi connectivity index (χ3n) is 3.96. The molecule has 1 unspecified atom stereocenters. The average Bonchev–Trinajstić information content (AvgIpc) is 2.28. The van der Waals surface area contributed by atoms with Gasteiger partial charge < -0.3 is 10.6 Å². The molecule has 1 atom stereocenters. The van der Waals surface area contributed by atoms with Crippen LogP contribution in [-0.2, 0) is 4.79 Å². The molecule has 1 aliphatic carbocycles. The van der Waals surface area contributed by atoms with Crippen molar-refractivity contribution in [2.75, 3.05) is 6.54 Å². The standard InChI is InChI=1S/C14H28N2O/c1-10(2)12(4)16-14(17)9-15-13-7-5-11(3)6-8-13/h10-13,15H,5-9H2,1-4H3,(H,16,17). The molecule has 1 saturated carbocycles. The number of amides is 1. The fourth-order valence-corrected chi connectivity index (χ4v) is 2.17. The van der Waals surface area contributed by atoms with E-state index in [0.29, 0.717) is 18.5 Å². The van der Waals surface area contributed by atoms with Crippen LogP contribution in [0.4, 0.5) is 0 Å². The van der Waals surface area contributed by atoms with Crippen molar-refractivity contribution in [2.24, 2.45) is 11.8 Å². The van der Waals surface area contributed by atoms with Crippen molar-refractivity contribution in [2.45, 2.75) is 65.5 Å². The van der Waals surface area contributed by atoms with Gasteiger partial charge in [-0.15, -0.1) is 0 Å². The average molecular weight is 240 g/mol. The highest BCUT2D eigenvalue weighted by Crippen LogP contribution is 2.23. The van der Waals surface area contributed by atoms with Crippen LogP contribution in [0.3, 0.4) is 0 Å². The number of carbonyl (C=O) groups is 1. The number of rotatable bonds is 5. The minimum atomic E-state index is 0.129. The maximum Gasteiger partial charge on any atom is 0.234 e. The predicted octanol–water partition coefficient (Wildman–Crippen LogP) is 2.32. The second-order valence-electron chi connectivity index (χ2n) is 5.94. The first-order valence-corrected chi connectivity index (χ1v) is 7.01. The van der Waals surface area contributed by atoms with E-state index in [4.69, 9.17) is 0 Å². The Labute approximate surface area is 106 Å². The molecule has 0 heterocycles. The van der Waals surface area contributed by atoms with Gasteiger partial charge in [-0.1, -0.05) is 20.8 Å². The third kappa shape index (κ3) is 5.53. The van der Waals surface area contributed by atoms with Gasteiger partial charge in [0.05, 0.1) is 6.54 Å². The van der Waals surface area contributed by atoms with Gasteiger partial charge in [0.1, 0.15) is 0 Å². The van der Waals surface area contributed by atoms with Crippen molar-refractivity contribution in [1.29, 1.82) is 0 Å². The highest BCUT2D eigenvalue weighted by molar-refractivity contribution is 5.78. The molecule has 0 spiro atoms. The van der Waals surface area contributed by atoms with Crippen LogP contribution in [0.15, 0.2) is 0 Å². The van der Waals surface area contributed by atoms with Crippen LogP contribution in [-0.4, -0.2) is 24.5 Å². The van der Waals surface area contributed by atoms with Crippen molar-refractivity contribution in [3.8, 4) is 0 Å². The zero-order chi connectivity index (χ0) is 12.8. The zero-order valence-electron chi connectivity index (χ0n) is 11.8. The van der Waals surface area contributed by atoms with E-state index in [1.54, 1.807) is 0 Å². The Bertz CT molecular complexity index is 232. The summed E-state index contributed by atoms with van der Waals surface area (Å²) in [6.07, 6.45) is 5.02. The van der Waals surface area contributed by atoms with Gasteiger partial charge in [-0.2, -0.15) is 0 Å². The molecule has 0 saturated heterocycles. The Morgan fingerprint density at radius 2 is 1.76 bits per heavy atom. The summed E-state index contributed by atoms with van der Waals surface area (Å²) >= 11 is 0. The Hall–Kier alpha value is -0.570. The van der Waals surface area contributed by atoms with Crippen molar-refractivity contribution < 1.29 is 4.79 Å². The Morgan fingerprint density at radius 1 is 1.18 bits per heavy atom. The first-order chi connectivity index (χ1) is 7.99. The number of nitrogens with one attached hydrogen (secondary N) is 2. The molecule has 1 fully saturated rings. The molecule has 1 aliphatic rings. The van der Waals surface area contributed by atoms with Gasteiger partial charge in [0.2, 0.25) is 5.91 Å². The second kappa shape index (κ2) is 7.00. The summed E-state index contributed by atoms with van der Waals surface area (Å²) in [5.41, 5.74) is 0. The molecule has 0 aromatic rings. The minimum absolute atomic E-state index is 0.129. The molecule has 0 bridgehead atoms. The van der Waals surface area contributed by atoms with Crippen LogP contribution < -0.4 is 10.6 Å². The molecule has 17 heavy (non-hydrogen) atoms. The molecule has 100 valence electrons. The van der Waals surface area contributed by atoms with Crippen LogP contribution in [0, 0.1) is 11.8 Å². The Kier molecular flexibility index (Phi) is 5.96. The topological polar surface area (TPSA) is 41.1 Å². The molecule has 0 aromatic heterocycles. The molecule has 1 amide bonds. The van der Waals surface area contributed by atoms with E-state index in [1.165, 1.54) is 25.7 Å². The van der Waals surface area contributed by atoms with Crippen LogP contribution in [0.25, 0.3) is 0 Å². The second-order valence-corrected chi connectivity index (χ2v) is 5.94. The fraction of sp³-hybridized carbons (Fsp3) is 0.929. The molecule has 0 aliphatic heterocycles. The molecule has 3 heteroatoms. The lowest BCUT2D eigenvalue weighted by molar-refractivity contribution is -0.121. The zero-order valence-corrected chi connectivity index (χ0v) is 11.8. The molecular formula is C14H28N2O. The van der Waals surface area contributed by atoms with Gasteiger partial charge in [-0.25, -0.2) is 0 Å². The van der Waals surface area contributed by atoms with Gasteiger partial charge >= 0.3 is 0 Å². The maximum absolute atomic E-state index is 11.7. The summed E-state index contributed by atoms with van der Waals surface area (Å²) in [4.78, 5) is 11.7. The monoisotopic (exact) mass is 240 g/mol. The summed E-state index contributed by atoms with van der Waals surface area (Å²) in [5.74, 6) is 1.49. The summed E-state index contributed by atoms with van der Waals surface area (Å²) < 4.78 is 0. The van der Waals surface area contributed by atoms with Crippen LogP contribution in [0.1, 0.15) is 53.4 Å². The molecule has 3 nitrogen and oxygen atoms in total. The third-order valence-corrected chi connectivity index (χ3v) is 3.96. The van der Waals surface area contributed by atoms with E-state index in [1.807, 2.05) is 0 Å². The molecular weight excluding hydrogens is 212 g/mol. The lowest BCUT2D eigenvalue weighted by Crippen LogP contribution is -2.44. The molecule has 2 N–H and O–H groups in total. The van der Waals surface area contributed by atoms with Crippen LogP contribution in [0.5, 0.6) is 0 Å². The molecule has 0 aromatic carbocycles. The Balaban J connectivity index is 2.15. The maximum atomic E-state index is 11.7. The summed E-state index contributed by atoms with van der Waals surface area (Å²) in [6, 6.07) is 0.807. The van der Waals surface area contributed by atoms with Gasteiger partial charge in [0.25, 0.3) is 0 Å². The van der Waals surface area contributed by atoms with Crippen molar-refractivity contribution in [3.63, 3.8) is 0 Å². The van der Waals surface area contributed by atoms with Crippen molar-refractivity contribution in [3.05, 3.63) is 0 Å². The van der Waals surface area contributed by atoms with E-state index in [9.17, 15) is 4.79 Å². The van der Waals surface area contributed by atoms with Crippen LogP contribution in [0.2, 0.25) is 0 Å². The first-order valence-electron chi connectivity index (χ1n) is 7.01. The van der Waals surface area contributed by atoms with E-state index < -0.39 is 0 Å².